The van der Waals surface area contributed by atoms with Gasteiger partial charge in [0.2, 0.25) is 5.91 Å². The molecule has 2 N–H and O–H groups in total. The van der Waals surface area contributed by atoms with Gasteiger partial charge in [-0.25, -0.2) is 0 Å². The number of benzene rings is 2. The Balaban J connectivity index is 1.82. The second-order valence-corrected chi connectivity index (χ2v) is 6.41. The molecular weight excluding hydrogens is 364 g/mol. The SMILES string of the molecule is Cc1ccc(NC(=O)CCNc2ccc(Br)c(C)c2)cc1Cl. The number of carbonyl (C=O) groups excluding carboxylic acids is 1. The van der Waals surface area contributed by atoms with Crippen LogP contribution >= 0.6 is 27.5 Å². The van der Waals surface area contributed by atoms with Crippen LogP contribution in [0.4, 0.5) is 11.4 Å². The summed E-state index contributed by atoms with van der Waals surface area (Å²) in [5.74, 6) is -0.0405. The molecule has 0 bridgehead atoms. The molecule has 1 amide bonds. The van der Waals surface area contributed by atoms with Gasteiger partial charge in [0.15, 0.2) is 0 Å². The first kappa shape index (κ1) is 16.8. The van der Waals surface area contributed by atoms with E-state index in [0.717, 1.165) is 27.0 Å². The van der Waals surface area contributed by atoms with Crippen molar-refractivity contribution in [1.82, 2.24) is 0 Å². The normalized spacial score (nSPS) is 10.4. The predicted octanol–water partition coefficient (Wildman–Crippen LogP) is 5.16. The Hall–Kier alpha value is -1.52. The molecule has 2 aromatic rings. The lowest BCUT2D eigenvalue weighted by Gasteiger charge is -2.09. The minimum absolute atomic E-state index is 0.0405. The van der Waals surface area contributed by atoms with Gasteiger partial charge in [-0.05, 0) is 55.3 Å². The highest BCUT2D eigenvalue weighted by atomic mass is 79.9. The van der Waals surface area contributed by atoms with Crippen LogP contribution in [0.3, 0.4) is 0 Å². The summed E-state index contributed by atoms with van der Waals surface area (Å²) < 4.78 is 1.08. The highest BCUT2D eigenvalue weighted by Gasteiger charge is 2.04. The molecule has 0 saturated heterocycles. The second kappa shape index (κ2) is 7.65. The molecule has 5 heteroatoms. The van der Waals surface area contributed by atoms with Gasteiger partial charge in [0, 0.05) is 33.8 Å². The first-order valence-electron chi connectivity index (χ1n) is 7.02. The Morgan fingerprint density at radius 1 is 1.09 bits per heavy atom. The largest absolute Gasteiger partial charge is 0.385 e. The zero-order valence-electron chi connectivity index (χ0n) is 12.5. The molecule has 0 unspecified atom stereocenters. The van der Waals surface area contributed by atoms with Gasteiger partial charge >= 0.3 is 0 Å². The summed E-state index contributed by atoms with van der Waals surface area (Å²) in [5, 5.41) is 6.74. The fourth-order valence-corrected chi connectivity index (χ4v) is 2.40. The predicted molar refractivity (Wildman–Crippen MR) is 96.8 cm³/mol. The molecule has 0 fully saturated rings. The summed E-state index contributed by atoms with van der Waals surface area (Å²) in [7, 11) is 0. The van der Waals surface area contributed by atoms with Crippen molar-refractivity contribution in [3.05, 3.63) is 57.0 Å². The van der Waals surface area contributed by atoms with Gasteiger partial charge in [-0.2, -0.15) is 0 Å². The lowest BCUT2D eigenvalue weighted by Crippen LogP contribution is -2.16. The van der Waals surface area contributed by atoms with E-state index < -0.39 is 0 Å². The summed E-state index contributed by atoms with van der Waals surface area (Å²) in [5.41, 5.74) is 3.88. The second-order valence-electron chi connectivity index (χ2n) is 5.15. The first-order chi connectivity index (χ1) is 10.5. The van der Waals surface area contributed by atoms with Gasteiger partial charge in [-0.1, -0.05) is 33.6 Å². The number of aryl methyl sites for hydroxylation is 2. The quantitative estimate of drug-likeness (QED) is 0.751. The average molecular weight is 382 g/mol. The molecule has 0 atom stereocenters. The van der Waals surface area contributed by atoms with Gasteiger partial charge in [-0.15, -0.1) is 0 Å². The van der Waals surface area contributed by atoms with E-state index in [2.05, 4.69) is 26.6 Å². The number of anilines is 2. The maximum Gasteiger partial charge on any atom is 0.226 e. The van der Waals surface area contributed by atoms with E-state index in [0.29, 0.717) is 18.0 Å². The fourth-order valence-electron chi connectivity index (χ4n) is 1.97. The van der Waals surface area contributed by atoms with Crippen LogP contribution in [0.25, 0.3) is 0 Å². The van der Waals surface area contributed by atoms with E-state index in [-0.39, 0.29) is 5.91 Å². The molecule has 0 heterocycles. The molecule has 0 saturated carbocycles. The van der Waals surface area contributed by atoms with E-state index in [1.807, 2.05) is 44.2 Å². The lowest BCUT2D eigenvalue weighted by molar-refractivity contribution is -0.115. The third-order valence-electron chi connectivity index (χ3n) is 3.29. The summed E-state index contributed by atoms with van der Waals surface area (Å²) in [6.45, 7) is 4.54. The molecule has 3 nitrogen and oxygen atoms in total. The van der Waals surface area contributed by atoms with E-state index in [1.165, 1.54) is 0 Å². The molecule has 22 heavy (non-hydrogen) atoms. The first-order valence-corrected chi connectivity index (χ1v) is 8.19. The van der Waals surface area contributed by atoms with Crippen molar-refractivity contribution < 1.29 is 4.79 Å². The zero-order chi connectivity index (χ0) is 16.1. The minimum Gasteiger partial charge on any atom is -0.385 e. The molecule has 0 aliphatic carbocycles. The van der Waals surface area contributed by atoms with Gasteiger partial charge in [0.25, 0.3) is 0 Å². The summed E-state index contributed by atoms with van der Waals surface area (Å²) in [6, 6.07) is 11.5. The van der Waals surface area contributed by atoms with E-state index in [1.54, 1.807) is 6.07 Å². The minimum atomic E-state index is -0.0405. The monoisotopic (exact) mass is 380 g/mol. The highest BCUT2D eigenvalue weighted by Crippen LogP contribution is 2.21. The third kappa shape index (κ3) is 4.75. The zero-order valence-corrected chi connectivity index (χ0v) is 14.9. The summed E-state index contributed by atoms with van der Waals surface area (Å²) >= 11 is 9.51. The molecule has 116 valence electrons. The van der Waals surface area contributed by atoms with Crippen LogP contribution in [0.1, 0.15) is 17.5 Å². The number of nitrogens with one attached hydrogen (secondary N) is 2. The van der Waals surface area contributed by atoms with Crippen LogP contribution in [0.2, 0.25) is 5.02 Å². The van der Waals surface area contributed by atoms with Crippen molar-refractivity contribution in [2.75, 3.05) is 17.2 Å². The standard InChI is InChI=1S/C17H18BrClN2O/c1-11-3-4-14(10-16(11)19)21-17(22)7-8-20-13-5-6-15(18)12(2)9-13/h3-6,9-10,20H,7-8H2,1-2H3,(H,21,22). The number of hydrogen-bond acceptors (Lipinski definition) is 2. The molecule has 0 aromatic heterocycles. The van der Waals surface area contributed by atoms with Crippen LogP contribution in [-0.2, 0) is 4.79 Å². The third-order valence-corrected chi connectivity index (χ3v) is 4.59. The number of carbonyl (C=O) groups is 1. The molecule has 0 aliphatic rings. The van der Waals surface area contributed by atoms with Gasteiger partial charge in [0.1, 0.15) is 0 Å². The van der Waals surface area contributed by atoms with Gasteiger partial charge in [0.05, 0.1) is 0 Å². The van der Waals surface area contributed by atoms with Crippen LogP contribution < -0.4 is 10.6 Å². The van der Waals surface area contributed by atoms with E-state index in [4.69, 9.17) is 11.6 Å². The Kier molecular flexibility index (Phi) is 5.86. The maximum atomic E-state index is 11.9. The van der Waals surface area contributed by atoms with Crippen molar-refractivity contribution in [2.45, 2.75) is 20.3 Å². The molecular formula is C17H18BrClN2O. The number of rotatable bonds is 5. The molecule has 0 spiro atoms. The smallest absolute Gasteiger partial charge is 0.226 e. The maximum absolute atomic E-state index is 11.9. The lowest BCUT2D eigenvalue weighted by atomic mass is 10.2. The number of amides is 1. The highest BCUT2D eigenvalue weighted by molar-refractivity contribution is 9.10. The molecule has 2 aromatic carbocycles. The topological polar surface area (TPSA) is 41.1 Å². The Morgan fingerprint density at radius 3 is 2.50 bits per heavy atom. The van der Waals surface area contributed by atoms with Gasteiger partial charge in [-0.3, -0.25) is 4.79 Å². The van der Waals surface area contributed by atoms with E-state index >= 15 is 0 Å². The van der Waals surface area contributed by atoms with Crippen molar-refractivity contribution in [1.29, 1.82) is 0 Å². The summed E-state index contributed by atoms with van der Waals surface area (Å²) in [6.07, 6.45) is 0.389. The van der Waals surface area contributed by atoms with Crippen molar-refractivity contribution in [2.24, 2.45) is 0 Å². The van der Waals surface area contributed by atoms with Crippen molar-refractivity contribution in [3.63, 3.8) is 0 Å². The summed E-state index contributed by atoms with van der Waals surface area (Å²) in [4.78, 5) is 11.9. The van der Waals surface area contributed by atoms with Gasteiger partial charge < -0.3 is 10.6 Å². The van der Waals surface area contributed by atoms with Crippen LogP contribution in [0.15, 0.2) is 40.9 Å². The Labute approximate surface area is 144 Å². The van der Waals surface area contributed by atoms with Crippen molar-refractivity contribution >= 4 is 44.8 Å². The number of hydrogen-bond donors (Lipinski definition) is 2. The Bertz CT molecular complexity index is 688. The van der Waals surface area contributed by atoms with Crippen LogP contribution in [-0.4, -0.2) is 12.5 Å². The van der Waals surface area contributed by atoms with Crippen molar-refractivity contribution in [3.8, 4) is 0 Å². The van der Waals surface area contributed by atoms with Crippen LogP contribution in [0, 0.1) is 13.8 Å². The molecule has 0 radical (unpaired) electrons. The molecule has 2 rings (SSSR count). The van der Waals surface area contributed by atoms with Crippen LogP contribution in [0.5, 0.6) is 0 Å². The van der Waals surface area contributed by atoms with E-state index in [9.17, 15) is 4.79 Å². The fraction of sp³-hybridized carbons (Fsp3) is 0.235. The Morgan fingerprint density at radius 2 is 1.82 bits per heavy atom. The number of halogens is 2. The average Bonchev–Trinajstić information content (AvgIpc) is 2.47. The molecule has 0 aliphatic heterocycles.